The van der Waals surface area contributed by atoms with Crippen LogP contribution < -0.4 is 11.1 Å². The Morgan fingerprint density at radius 2 is 1.82 bits per heavy atom. The molecule has 208 valence electrons. The minimum atomic E-state index is -0.804. The van der Waals surface area contributed by atoms with Gasteiger partial charge in [0.25, 0.3) is 0 Å². The van der Waals surface area contributed by atoms with E-state index in [2.05, 4.69) is 22.3 Å². The van der Waals surface area contributed by atoms with Crippen LogP contribution in [0.25, 0.3) is 0 Å². The first-order chi connectivity index (χ1) is 18.8. The number of nitrogens with two attached hydrogens (primary N) is 1. The lowest BCUT2D eigenvalue weighted by Crippen LogP contribution is -2.40. The third-order valence-corrected chi connectivity index (χ3v) is 7.44. The molecule has 9 heteroatoms. The number of hydrogen-bond acceptors (Lipinski definition) is 8. The van der Waals surface area contributed by atoms with Crippen molar-refractivity contribution in [1.82, 2.24) is 10.2 Å². The molecule has 3 N–H and O–H groups in total. The SMILES string of the molecule is COC(=O)C1=C(C)NC(COCCN)=C(C(=O)OC2(C)CCN(Cc3ccccc3)C2)C1c1ccccc1Cl. The molecule has 2 atom stereocenters. The van der Waals surface area contributed by atoms with Crippen molar-refractivity contribution in [3.8, 4) is 0 Å². The summed E-state index contributed by atoms with van der Waals surface area (Å²) >= 11 is 6.63. The Morgan fingerprint density at radius 3 is 2.51 bits per heavy atom. The number of hydrogen-bond donors (Lipinski definition) is 2. The maximum Gasteiger partial charge on any atom is 0.337 e. The lowest BCUT2D eigenvalue weighted by atomic mass is 9.80. The fourth-order valence-electron chi connectivity index (χ4n) is 5.27. The van der Waals surface area contributed by atoms with Gasteiger partial charge in [-0.3, -0.25) is 4.90 Å². The van der Waals surface area contributed by atoms with Crippen molar-refractivity contribution in [3.63, 3.8) is 0 Å². The molecule has 0 bridgehead atoms. The first-order valence-corrected chi connectivity index (χ1v) is 13.4. The second-order valence-electron chi connectivity index (χ2n) is 10.1. The Labute approximate surface area is 234 Å². The van der Waals surface area contributed by atoms with E-state index in [-0.39, 0.29) is 12.2 Å². The highest BCUT2D eigenvalue weighted by Crippen LogP contribution is 2.42. The fourth-order valence-corrected chi connectivity index (χ4v) is 5.52. The number of dihydropyridines is 1. The van der Waals surface area contributed by atoms with Crippen LogP contribution in [0.4, 0.5) is 0 Å². The molecule has 1 fully saturated rings. The smallest absolute Gasteiger partial charge is 0.337 e. The molecule has 2 aliphatic rings. The van der Waals surface area contributed by atoms with Crippen LogP contribution in [0.2, 0.25) is 5.02 Å². The highest BCUT2D eigenvalue weighted by atomic mass is 35.5. The van der Waals surface area contributed by atoms with E-state index in [4.69, 9.17) is 31.5 Å². The number of carbonyl (C=O) groups is 2. The van der Waals surface area contributed by atoms with E-state index in [1.165, 1.54) is 12.7 Å². The van der Waals surface area contributed by atoms with Crippen molar-refractivity contribution in [3.05, 3.63) is 93.3 Å². The molecule has 1 saturated heterocycles. The predicted octanol–water partition coefficient (Wildman–Crippen LogP) is 3.91. The molecule has 4 rings (SSSR count). The van der Waals surface area contributed by atoms with Crippen LogP contribution in [-0.4, -0.2) is 62.4 Å². The van der Waals surface area contributed by atoms with Crippen LogP contribution in [0.1, 0.15) is 37.3 Å². The van der Waals surface area contributed by atoms with Crippen molar-refractivity contribution in [2.45, 2.75) is 38.3 Å². The molecule has 8 nitrogen and oxygen atoms in total. The van der Waals surface area contributed by atoms with Crippen molar-refractivity contribution < 1.29 is 23.8 Å². The zero-order chi connectivity index (χ0) is 28.0. The molecular weight excluding hydrogens is 518 g/mol. The third-order valence-electron chi connectivity index (χ3n) is 7.10. The summed E-state index contributed by atoms with van der Waals surface area (Å²) in [4.78, 5) is 29.4. The van der Waals surface area contributed by atoms with Crippen molar-refractivity contribution in [2.24, 2.45) is 5.73 Å². The molecule has 0 aliphatic carbocycles. The van der Waals surface area contributed by atoms with Gasteiger partial charge in [-0.15, -0.1) is 0 Å². The van der Waals surface area contributed by atoms with E-state index in [0.29, 0.717) is 53.7 Å². The standard InChI is InChI=1S/C30H36ClN3O5/c1-20-25(28(35)37-3)26(22-11-7-8-12-23(22)31)27(24(33-20)18-38-16-14-32)29(36)39-30(2)13-15-34(19-30)17-21-9-5-4-6-10-21/h4-12,26,33H,13-19,32H2,1-3H3. The highest BCUT2D eigenvalue weighted by molar-refractivity contribution is 6.31. The first-order valence-electron chi connectivity index (χ1n) is 13.1. The number of methoxy groups -OCH3 is 1. The molecule has 2 unspecified atom stereocenters. The summed E-state index contributed by atoms with van der Waals surface area (Å²) in [5.41, 5.74) is 8.35. The topological polar surface area (TPSA) is 103 Å². The lowest BCUT2D eigenvalue weighted by Gasteiger charge is -2.34. The number of esters is 2. The Hall–Kier alpha value is -3.17. The molecule has 0 spiro atoms. The number of carbonyl (C=O) groups excluding carboxylic acids is 2. The van der Waals surface area contributed by atoms with Crippen molar-refractivity contribution >= 4 is 23.5 Å². The van der Waals surface area contributed by atoms with Crippen molar-refractivity contribution in [2.75, 3.05) is 40.0 Å². The number of halogens is 1. The average Bonchev–Trinajstić information content (AvgIpc) is 3.28. The van der Waals surface area contributed by atoms with E-state index in [1.54, 1.807) is 25.1 Å². The maximum atomic E-state index is 14.1. The molecule has 2 aromatic carbocycles. The van der Waals surface area contributed by atoms with Gasteiger partial charge >= 0.3 is 11.9 Å². The monoisotopic (exact) mass is 553 g/mol. The van der Waals surface area contributed by atoms with Gasteiger partial charge in [-0.05, 0) is 31.0 Å². The summed E-state index contributed by atoms with van der Waals surface area (Å²) in [7, 11) is 1.31. The molecule has 39 heavy (non-hydrogen) atoms. The van der Waals surface area contributed by atoms with E-state index >= 15 is 0 Å². The average molecular weight is 554 g/mol. The molecule has 0 amide bonds. The molecular formula is C30H36ClN3O5. The van der Waals surface area contributed by atoms with Gasteiger partial charge < -0.3 is 25.3 Å². The van der Waals surface area contributed by atoms with Crippen LogP contribution in [0.5, 0.6) is 0 Å². The number of nitrogens with one attached hydrogen (secondary N) is 1. The number of likely N-dealkylation sites (tertiary alicyclic amines) is 1. The number of ether oxygens (including phenoxy) is 3. The van der Waals surface area contributed by atoms with Gasteiger partial charge in [-0.1, -0.05) is 60.1 Å². The summed E-state index contributed by atoms with van der Waals surface area (Å²) in [5, 5.41) is 3.63. The summed E-state index contributed by atoms with van der Waals surface area (Å²) in [6.07, 6.45) is 0.681. The second-order valence-corrected chi connectivity index (χ2v) is 10.5. The summed E-state index contributed by atoms with van der Waals surface area (Å²) in [5.74, 6) is -1.89. The predicted molar refractivity (Wildman–Crippen MR) is 150 cm³/mol. The third kappa shape index (κ3) is 6.70. The van der Waals surface area contributed by atoms with Gasteiger partial charge in [0.05, 0.1) is 43.1 Å². The highest BCUT2D eigenvalue weighted by Gasteiger charge is 2.43. The fraction of sp³-hybridized carbons (Fsp3) is 0.400. The summed E-state index contributed by atoms with van der Waals surface area (Å²) < 4.78 is 17.1. The van der Waals surface area contributed by atoms with Crippen LogP contribution >= 0.6 is 11.6 Å². The van der Waals surface area contributed by atoms with Crippen LogP contribution in [0, 0.1) is 0 Å². The van der Waals surface area contributed by atoms with Gasteiger partial charge in [0.15, 0.2) is 0 Å². The van der Waals surface area contributed by atoms with Gasteiger partial charge in [0.1, 0.15) is 5.60 Å². The van der Waals surface area contributed by atoms with Crippen LogP contribution in [0.3, 0.4) is 0 Å². The second kappa shape index (κ2) is 12.8. The van der Waals surface area contributed by atoms with Crippen LogP contribution in [-0.2, 0) is 30.3 Å². The molecule has 0 saturated carbocycles. The van der Waals surface area contributed by atoms with E-state index < -0.39 is 23.5 Å². The lowest BCUT2D eigenvalue weighted by molar-refractivity contribution is -0.152. The Bertz CT molecular complexity index is 1260. The van der Waals surface area contributed by atoms with E-state index in [0.717, 1.165) is 13.1 Å². The molecule has 2 heterocycles. The van der Waals surface area contributed by atoms with Gasteiger partial charge in [-0.25, -0.2) is 9.59 Å². The molecule has 2 aromatic rings. The van der Waals surface area contributed by atoms with Crippen LogP contribution in [0.15, 0.2) is 77.1 Å². The first kappa shape index (κ1) is 28.8. The number of benzene rings is 2. The largest absolute Gasteiger partial charge is 0.466 e. The Kier molecular flexibility index (Phi) is 9.45. The Balaban J connectivity index is 1.68. The van der Waals surface area contributed by atoms with E-state index in [1.807, 2.05) is 31.2 Å². The maximum absolute atomic E-state index is 14.1. The summed E-state index contributed by atoms with van der Waals surface area (Å²) in [6, 6.07) is 17.4. The zero-order valence-corrected chi connectivity index (χ0v) is 23.4. The van der Waals surface area contributed by atoms with Gasteiger partial charge in [0, 0.05) is 43.3 Å². The number of rotatable bonds is 10. The summed E-state index contributed by atoms with van der Waals surface area (Å²) in [6.45, 7) is 6.59. The van der Waals surface area contributed by atoms with E-state index in [9.17, 15) is 9.59 Å². The Morgan fingerprint density at radius 1 is 1.10 bits per heavy atom. The molecule has 2 aliphatic heterocycles. The minimum absolute atomic E-state index is 0.0885. The van der Waals surface area contributed by atoms with Gasteiger partial charge in [0.2, 0.25) is 0 Å². The minimum Gasteiger partial charge on any atom is -0.466 e. The zero-order valence-electron chi connectivity index (χ0n) is 22.7. The number of nitrogens with zero attached hydrogens (tertiary/aromatic N) is 1. The molecule has 0 radical (unpaired) electrons. The van der Waals surface area contributed by atoms with Crippen molar-refractivity contribution in [1.29, 1.82) is 0 Å². The quantitative estimate of drug-likeness (QED) is 0.337. The van der Waals surface area contributed by atoms with Gasteiger partial charge in [-0.2, -0.15) is 0 Å². The normalized spacial score (nSPS) is 21.6. The molecule has 0 aromatic heterocycles. The number of allylic oxidation sites excluding steroid dienone is 1.